The lowest BCUT2D eigenvalue weighted by molar-refractivity contribution is 0.0463. The van der Waals surface area contributed by atoms with Crippen LogP contribution in [0.2, 0.25) is 0 Å². The first-order chi connectivity index (χ1) is 11.5. The van der Waals surface area contributed by atoms with Gasteiger partial charge < -0.3 is 9.26 Å². The van der Waals surface area contributed by atoms with E-state index in [9.17, 15) is 9.18 Å². The molecule has 0 aliphatic carbocycles. The largest absolute Gasteiger partial charge is 0.455 e. The summed E-state index contributed by atoms with van der Waals surface area (Å²) in [5.74, 6) is -0.232. The zero-order valence-corrected chi connectivity index (χ0v) is 14.3. The van der Waals surface area contributed by atoms with E-state index in [-0.39, 0.29) is 12.4 Å². The van der Waals surface area contributed by atoms with Crippen LogP contribution >= 0.6 is 15.9 Å². The Kier molecular flexibility index (Phi) is 4.76. The Balaban J connectivity index is 1.72. The number of carbonyl (C=O) groups excluding carboxylic acids is 1. The number of hydrogen-bond acceptors (Lipinski definition) is 4. The highest BCUT2D eigenvalue weighted by molar-refractivity contribution is 9.10. The summed E-state index contributed by atoms with van der Waals surface area (Å²) in [7, 11) is 0. The molecule has 24 heavy (non-hydrogen) atoms. The third-order valence-corrected chi connectivity index (χ3v) is 4.02. The fourth-order valence-corrected chi connectivity index (χ4v) is 2.61. The van der Waals surface area contributed by atoms with Crippen molar-refractivity contribution in [3.8, 4) is 11.3 Å². The zero-order chi connectivity index (χ0) is 17.1. The molecule has 0 radical (unpaired) electrons. The molecule has 0 atom stereocenters. The van der Waals surface area contributed by atoms with E-state index in [1.54, 1.807) is 30.3 Å². The number of halogens is 2. The van der Waals surface area contributed by atoms with Gasteiger partial charge in [-0.25, -0.2) is 9.18 Å². The Bertz CT molecular complexity index is 874. The van der Waals surface area contributed by atoms with Crippen molar-refractivity contribution in [1.82, 2.24) is 5.16 Å². The van der Waals surface area contributed by atoms with Gasteiger partial charge in [-0.1, -0.05) is 27.2 Å². The first kappa shape index (κ1) is 16.4. The quantitative estimate of drug-likeness (QED) is 0.594. The molecule has 1 aromatic heterocycles. The normalized spacial score (nSPS) is 10.6. The van der Waals surface area contributed by atoms with Crippen molar-refractivity contribution in [3.63, 3.8) is 0 Å². The van der Waals surface area contributed by atoms with Crippen molar-refractivity contribution in [1.29, 1.82) is 0 Å². The molecular formula is C18H13BrFNO3. The van der Waals surface area contributed by atoms with Crippen LogP contribution in [0.1, 0.15) is 21.6 Å². The summed E-state index contributed by atoms with van der Waals surface area (Å²) in [6, 6.07) is 12.9. The van der Waals surface area contributed by atoms with Crippen molar-refractivity contribution < 1.29 is 18.4 Å². The molecule has 0 bridgehead atoms. The first-order valence-electron chi connectivity index (χ1n) is 7.18. The van der Waals surface area contributed by atoms with Crippen LogP contribution in [0.5, 0.6) is 0 Å². The van der Waals surface area contributed by atoms with Gasteiger partial charge in [-0.15, -0.1) is 0 Å². The summed E-state index contributed by atoms with van der Waals surface area (Å²) in [5, 5.41) is 3.94. The predicted octanol–water partition coefficient (Wildman–Crippen LogP) is 4.91. The summed E-state index contributed by atoms with van der Waals surface area (Å²) in [5.41, 5.74) is 2.44. The predicted molar refractivity (Wildman–Crippen MR) is 89.9 cm³/mol. The van der Waals surface area contributed by atoms with Gasteiger partial charge in [-0.2, -0.15) is 0 Å². The van der Waals surface area contributed by atoms with Gasteiger partial charge >= 0.3 is 5.97 Å². The number of nitrogens with zero attached hydrogens (tertiary/aromatic N) is 1. The van der Waals surface area contributed by atoms with E-state index in [1.807, 2.05) is 13.0 Å². The molecule has 0 saturated heterocycles. The van der Waals surface area contributed by atoms with Crippen LogP contribution in [0.25, 0.3) is 11.3 Å². The van der Waals surface area contributed by atoms with Crippen molar-refractivity contribution in [2.45, 2.75) is 13.5 Å². The van der Waals surface area contributed by atoms with Crippen LogP contribution in [-0.4, -0.2) is 11.1 Å². The van der Waals surface area contributed by atoms with Gasteiger partial charge in [-0.05, 0) is 49.4 Å². The van der Waals surface area contributed by atoms with Crippen LogP contribution in [0.3, 0.4) is 0 Å². The van der Waals surface area contributed by atoms with Gasteiger partial charge in [0.1, 0.15) is 18.1 Å². The molecule has 0 aliphatic rings. The second kappa shape index (κ2) is 6.97. The number of esters is 1. The second-order valence-electron chi connectivity index (χ2n) is 5.18. The molecule has 0 amide bonds. The molecule has 2 aromatic carbocycles. The first-order valence-corrected chi connectivity index (χ1v) is 7.97. The third-order valence-electron chi connectivity index (χ3n) is 3.53. The maximum Gasteiger partial charge on any atom is 0.338 e. The number of rotatable bonds is 4. The summed E-state index contributed by atoms with van der Waals surface area (Å²) in [4.78, 5) is 12.1. The average Bonchev–Trinajstić information content (AvgIpc) is 2.94. The van der Waals surface area contributed by atoms with Crippen molar-refractivity contribution in [3.05, 3.63) is 75.6 Å². The standard InChI is InChI=1S/C18H13BrFNO3/c1-11-16(10-23-18(22)13-3-2-4-14(19)9-13)21-24-17(11)12-5-7-15(20)8-6-12/h2-9H,10H2,1H3. The Morgan fingerprint density at radius 3 is 2.71 bits per heavy atom. The molecule has 0 aliphatic heterocycles. The highest BCUT2D eigenvalue weighted by Gasteiger charge is 2.16. The zero-order valence-electron chi connectivity index (χ0n) is 12.8. The number of carbonyl (C=O) groups is 1. The van der Waals surface area contributed by atoms with E-state index in [0.717, 1.165) is 10.0 Å². The fourth-order valence-electron chi connectivity index (χ4n) is 2.21. The molecule has 0 unspecified atom stereocenters. The van der Waals surface area contributed by atoms with Crippen LogP contribution in [0, 0.1) is 12.7 Å². The average molecular weight is 390 g/mol. The van der Waals surface area contributed by atoms with Crippen LogP contribution in [0.4, 0.5) is 4.39 Å². The summed E-state index contributed by atoms with van der Waals surface area (Å²) < 4.78 is 24.4. The lowest BCUT2D eigenvalue weighted by Crippen LogP contribution is -2.06. The minimum Gasteiger partial charge on any atom is -0.455 e. The summed E-state index contributed by atoms with van der Waals surface area (Å²) in [6.07, 6.45) is 0. The van der Waals surface area contributed by atoms with Crippen molar-refractivity contribution in [2.24, 2.45) is 0 Å². The lowest BCUT2D eigenvalue weighted by atomic mass is 10.1. The lowest BCUT2D eigenvalue weighted by Gasteiger charge is -2.04. The van der Waals surface area contributed by atoms with Crippen LogP contribution in [-0.2, 0) is 11.3 Å². The highest BCUT2D eigenvalue weighted by atomic mass is 79.9. The molecule has 3 aromatic rings. The minimum absolute atomic E-state index is 0.00186. The number of aromatic nitrogens is 1. The molecule has 0 N–H and O–H groups in total. The van der Waals surface area contributed by atoms with Gasteiger partial charge in [-0.3, -0.25) is 0 Å². The Morgan fingerprint density at radius 2 is 2.00 bits per heavy atom. The molecule has 4 nitrogen and oxygen atoms in total. The van der Waals surface area contributed by atoms with Crippen molar-refractivity contribution >= 4 is 21.9 Å². The molecule has 122 valence electrons. The molecule has 0 spiro atoms. The van der Waals surface area contributed by atoms with Gasteiger partial charge in [0.05, 0.1) is 5.56 Å². The minimum atomic E-state index is -0.443. The van der Waals surface area contributed by atoms with Crippen molar-refractivity contribution in [2.75, 3.05) is 0 Å². The van der Waals surface area contributed by atoms with Crippen LogP contribution < -0.4 is 0 Å². The van der Waals surface area contributed by atoms with E-state index in [2.05, 4.69) is 21.1 Å². The fraction of sp³-hybridized carbons (Fsp3) is 0.111. The monoisotopic (exact) mass is 389 g/mol. The maximum absolute atomic E-state index is 13.0. The van der Waals surface area contributed by atoms with E-state index < -0.39 is 5.97 Å². The molecule has 3 rings (SSSR count). The Morgan fingerprint density at radius 1 is 1.25 bits per heavy atom. The van der Waals surface area contributed by atoms with Crippen LogP contribution in [0.15, 0.2) is 57.5 Å². The van der Waals surface area contributed by atoms with Gasteiger partial charge in [0.15, 0.2) is 5.76 Å². The van der Waals surface area contributed by atoms with E-state index in [4.69, 9.17) is 9.26 Å². The Labute approximate surface area is 146 Å². The maximum atomic E-state index is 13.0. The van der Waals surface area contributed by atoms with E-state index in [1.165, 1.54) is 12.1 Å². The SMILES string of the molecule is Cc1c(COC(=O)c2cccc(Br)c2)noc1-c1ccc(F)cc1. The number of ether oxygens (including phenoxy) is 1. The van der Waals surface area contributed by atoms with Gasteiger partial charge in [0.25, 0.3) is 0 Å². The van der Waals surface area contributed by atoms with Gasteiger partial charge in [0.2, 0.25) is 0 Å². The number of hydrogen-bond donors (Lipinski definition) is 0. The smallest absolute Gasteiger partial charge is 0.338 e. The third kappa shape index (κ3) is 3.54. The topological polar surface area (TPSA) is 52.3 Å². The van der Waals surface area contributed by atoms with E-state index in [0.29, 0.717) is 22.6 Å². The van der Waals surface area contributed by atoms with Gasteiger partial charge in [0, 0.05) is 15.6 Å². The number of benzene rings is 2. The highest BCUT2D eigenvalue weighted by Crippen LogP contribution is 2.26. The second-order valence-corrected chi connectivity index (χ2v) is 6.09. The molecular weight excluding hydrogens is 377 g/mol. The molecule has 1 heterocycles. The Hall–Kier alpha value is -2.47. The molecule has 0 saturated carbocycles. The summed E-state index contributed by atoms with van der Waals surface area (Å²) in [6.45, 7) is 1.82. The molecule has 6 heteroatoms. The summed E-state index contributed by atoms with van der Waals surface area (Å²) >= 11 is 3.31. The molecule has 0 fully saturated rings. The van der Waals surface area contributed by atoms with E-state index >= 15 is 0 Å².